The topological polar surface area (TPSA) is 25.2 Å². The van der Waals surface area contributed by atoms with Crippen molar-refractivity contribution >= 4 is 5.78 Å². The second-order valence-corrected chi connectivity index (χ2v) is 6.41. The molecule has 1 fully saturated rings. The number of hydrogen-bond donors (Lipinski definition) is 0. The highest BCUT2D eigenvalue weighted by molar-refractivity contribution is 5.99. The van der Waals surface area contributed by atoms with Gasteiger partial charge in [0.25, 0.3) is 0 Å². The Bertz CT molecular complexity index is 489. The molecule has 2 rings (SSSR count). The highest BCUT2D eigenvalue weighted by atomic mass is 16.1. The van der Waals surface area contributed by atoms with Gasteiger partial charge in [0, 0.05) is 36.1 Å². The van der Waals surface area contributed by atoms with E-state index in [9.17, 15) is 4.79 Å². The third kappa shape index (κ3) is 2.98. The van der Waals surface area contributed by atoms with Gasteiger partial charge in [0.15, 0.2) is 5.78 Å². The molecule has 112 valence electrons. The molecule has 1 aliphatic rings. The Morgan fingerprint density at radius 2 is 2.00 bits per heavy atom. The number of ketones is 1. The Labute approximate surface area is 123 Å². The van der Waals surface area contributed by atoms with Gasteiger partial charge in [0.05, 0.1) is 6.54 Å². The number of aryl methyl sites for hydroxylation is 1. The van der Waals surface area contributed by atoms with E-state index >= 15 is 0 Å². The number of hydrogen-bond acceptors (Lipinski definition) is 2. The first-order valence-electron chi connectivity index (χ1n) is 7.88. The molecular weight excluding hydrogens is 248 g/mol. The number of likely N-dealkylation sites (tertiary alicyclic amines) is 1. The van der Waals surface area contributed by atoms with Crippen molar-refractivity contribution in [2.45, 2.75) is 60.0 Å². The van der Waals surface area contributed by atoms with Crippen LogP contribution in [0.15, 0.2) is 6.07 Å². The van der Waals surface area contributed by atoms with Crippen molar-refractivity contribution in [2.24, 2.45) is 5.92 Å². The average molecular weight is 276 g/mol. The van der Waals surface area contributed by atoms with Crippen LogP contribution in [0.3, 0.4) is 0 Å². The molecule has 2 unspecified atom stereocenters. The lowest BCUT2D eigenvalue weighted by Gasteiger charge is -2.36. The summed E-state index contributed by atoms with van der Waals surface area (Å²) in [5.41, 5.74) is 3.22. The van der Waals surface area contributed by atoms with Crippen molar-refractivity contribution in [1.29, 1.82) is 0 Å². The Morgan fingerprint density at radius 1 is 1.30 bits per heavy atom. The van der Waals surface area contributed by atoms with E-state index in [0.717, 1.165) is 24.3 Å². The van der Waals surface area contributed by atoms with Crippen molar-refractivity contribution in [3.05, 3.63) is 23.0 Å². The first-order chi connectivity index (χ1) is 9.43. The van der Waals surface area contributed by atoms with Crippen molar-refractivity contribution in [2.75, 3.05) is 13.1 Å². The van der Waals surface area contributed by atoms with Gasteiger partial charge in [-0.25, -0.2) is 0 Å². The number of Topliss-reactive ketones (excluding diaryl/α,β-unsaturated/α-hetero) is 1. The second-order valence-electron chi connectivity index (χ2n) is 6.41. The monoisotopic (exact) mass is 276 g/mol. The van der Waals surface area contributed by atoms with Gasteiger partial charge in [0.1, 0.15) is 0 Å². The lowest BCUT2D eigenvalue weighted by Crippen LogP contribution is -2.43. The molecule has 20 heavy (non-hydrogen) atoms. The van der Waals surface area contributed by atoms with Crippen LogP contribution < -0.4 is 0 Å². The van der Waals surface area contributed by atoms with Gasteiger partial charge in [-0.2, -0.15) is 0 Å². The number of rotatable bonds is 4. The molecule has 0 spiro atoms. The molecule has 1 aliphatic heterocycles. The largest absolute Gasteiger partial charge is 0.349 e. The molecule has 0 saturated carbocycles. The highest BCUT2D eigenvalue weighted by Gasteiger charge is 2.26. The van der Waals surface area contributed by atoms with Crippen molar-refractivity contribution in [3.8, 4) is 0 Å². The van der Waals surface area contributed by atoms with Crippen molar-refractivity contribution < 1.29 is 4.79 Å². The molecular formula is C17H28N2O. The normalized spacial score (nSPS) is 24.1. The molecule has 0 radical (unpaired) electrons. The lowest BCUT2D eigenvalue weighted by atomic mass is 9.94. The predicted molar refractivity (Wildman–Crippen MR) is 83.3 cm³/mol. The summed E-state index contributed by atoms with van der Waals surface area (Å²) in [5.74, 6) is 0.987. The van der Waals surface area contributed by atoms with Gasteiger partial charge >= 0.3 is 0 Å². The summed E-state index contributed by atoms with van der Waals surface area (Å²) in [6, 6.07) is 2.59. The first-order valence-corrected chi connectivity index (χ1v) is 7.88. The van der Waals surface area contributed by atoms with E-state index < -0.39 is 0 Å². The van der Waals surface area contributed by atoms with Crippen LogP contribution in [0, 0.1) is 19.8 Å². The molecule has 2 atom stereocenters. The summed E-state index contributed by atoms with van der Waals surface area (Å²) in [6.45, 7) is 13.4. The van der Waals surface area contributed by atoms with Crippen LogP contribution in [0.2, 0.25) is 0 Å². The molecule has 3 nitrogen and oxygen atoms in total. The number of nitrogens with zero attached hydrogens (tertiary/aromatic N) is 2. The summed E-state index contributed by atoms with van der Waals surface area (Å²) in [5, 5.41) is 0. The second kappa shape index (κ2) is 6.13. The van der Waals surface area contributed by atoms with E-state index in [-0.39, 0.29) is 5.78 Å². The molecule has 0 amide bonds. The van der Waals surface area contributed by atoms with Crippen LogP contribution in [0.1, 0.15) is 55.4 Å². The van der Waals surface area contributed by atoms with Gasteiger partial charge in [0.2, 0.25) is 0 Å². The van der Waals surface area contributed by atoms with Gasteiger partial charge < -0.3 is 4.57 Å². The highest BCUT2D eigenvalue weighted by Crippen LogP contribution is 2.22. The van der Waals surface area contributed by atoms with Crippen LogP contribution in [-0.4, -0.2) is 34.4 Å². The van der Waals surface area contributed by atoms with E-state index in [1.54, 1.807) is 0 Å². The van der Waals surface area contributed by atoms with Crippen LogP contribution >= 0.6 is 0 Å². The van der Waals surface area contributed by atoms with E-state index in [4.69, 9.17) is 0 Å². The Morgan fingerprint density at radius 3 is 2.60 bits per heavy atom. The molecule has 0 aromatic carbocycles. The van der Waals surface area contributed by atoms with Crippen molar-refractivity contribution in [3.63, 3.8) is 0 Å². The predicted octanol–water partition coefficient (Wildman–Crippen LogP) is 3.43. The van der Waals surface area contributed by atoms with Crippen LogP contribution in [0.25, 0.3) is 0 Å². The fourth-order valence-electron chi connectivity index (χ4n) is 3.44. The van der Waals surface area contributed by atoms with Gasteiger partial charge in [-0.15, -0.1) is 0 Å². The van der Waals surface area contributed by atoms with E-state index in [1.807, 2.05) is 0 Å². The first kappa shape index (κ1) is 15.3. The smallest absolute Gasteiger partial charge is 0.178 e. The van der Waals surface area contributed by atoms with Crippen LogP contribution in [-0.2, 0) is 6.54 Å². The Balaban J connectivity index is 2.12. The van der Waals surface area contributed by atoms with Crippen LogP contribution in [0.4, 0.5) is 0 Å². The van der Waals surface area contributed by atoms with E-state index in [0.29, 0.717) is 18.5 Å². The minimum absolute atomic E-state index is 0.277. The van der Waals surface area contributed by atoms with E-state index in [2.05, 4.69) is 50.2 Å². The molecule has 1 aromatic rings. The standard InChI is InChI=1S/C17H28N2O/c1-6-19-14(4)9-16(15(19)5)17(20)11-18-10-12(2)7-8-13(18)3/h9,12-13H,6-8,10-11H2,1-5H3. The summed E-state index contributed by atoms with van der Waals surface area (Å²) in [4.78, 5) is 15.0. The third-order valence-electron chi connectivity index (χ3n) is 4.78. The zero-order valence-electron chi connectivity index (χ0n) is 13.6. The van der Waals surface area contributed by atoms with Gasteiger partial charge in [-0.05, 0) is 52.5 Å². The molecule has 3 heteroatoms. The average Bonchev–Trinajstić information content (AvgIpc) is 2.69. The summed E-state index contributed by atoms with van der Waals surface area (Å²) >= 11 is 0. The number of piperidine rings is 1. The molecule has 0 N–H and O–H groups in total. The minimum Gasteiger partial charge on any atom is -0.349 e. The SMILES string of the molecule is CCn1c(C)cc(C(=O)CN2CC(C)CCC2C)c1C. The zero-order chi connectivity index (χ0) is 14.9. The maximum absolute atomic E-state index is 12.6. The summed E-state index contributed by atoms with van der Waals surface area (Å²) in [7, 11) is 0. The number of carbonyl (C=O) groups excluding carboxylic acids is 1. The maximum atomic E-state index is 12.6. The zero-order valence-corrected chi connectivity index (χ0v) is 13.6. The van der Waals surface area contributed by atoms with Gasteiger partial charge in [-0.3, -0.25) is 9.69 Å². The third-order valence-corrected chi connectivity index (χ3v) is 4.78. The van der Waals surface area contributed by atoms with Crippen molar-refractivity contribution in [1.82, 2.24) is 9.47 Å². The Hall–Kier alpha value is -1.09. The number of carbonyl (C=O) groups is 1. The molecule has 1 saturated heterocycles. The van der Waals surface area contributed by atoms with E-state index in [1.165, 1.54) is 18.5 Å². The lowest BCUT2D eigenvalue weighted by molar-refractivity contribution is 0.0804. The van der Waals surface area contributed by atoms with Crippen LogP contribution in [0.5, 0.6) is 0 Å². The Kier molecular flexibility index (Phi) is 4.69. The van der Waals surface area contributed by atoms with Gasteiger partial charge in [-0.1, -0.05) is 6.92 Å². The molecule has 0 bridgehead atoms. The quantitative estimate of drug-likeness (QED) is 0.787. The maximum Gasteiger partial charge on any atom is 0.178 e. The summed E-state index contributed by atoms with van der Waals surface area (Å²) in [6.07, 6.45) is 2.50. The fraction of sp³-hybridized carbons (Fsp3) is 0.706. The summed E-state index contributed by atoms with van der Waals surface area (Å²) < 4.78 is 2.22. The molecule has 1 aromatic heterocycles. The molecule has 2 heterocycles. The molecule has 0 aliphatic carbocycles. The minimum atomic E-state index is 0.277. The fourth-order valence-corrected chi connectivity index (χ4v) is 3.44. The number of aromatic nitrogens is 1.